The van der Waals surface area contributed by atoms with Crippen molar-refractivity contribution < 1.29 is 19.7 Å². The number of methoxy groups -OCH3 is 1. The van der Waals surface area contributed by atoms with E-state index in [-0.39, 0.29) is 34.7 Å². The molecule has 0 spiro atoms. The first-order valence-electron chi connectivity index (χ1n) is 11.3. The minimum Gasteiger partial charge on any atom is -0.465 e. The number of ether oxygens (including phenoxy) is 1. The predicted octanol–water partition coefficient (Wildman–Crippen LogP) is 5.06. The zero-order valence-corrected chi connectivity index (χ0v) is 19.1. The Bertz CT molecular complexity index is 768. The fraction of sp³-hybridized carbons (Fsp3) is 0.577. The van der Waals surface area contributed by atoms with E-state index in [1.54, 1.807) is 12.1 Å². The normalized spacial score (nSPS) is 28.3. The Labute approximate surface area is 191 Å². The maximum atomic E-state index is 11.6. The van der Waals surface area contributed by atoms with E-state index < -0.39 is 6.10 Å². The third kappa shape index (κ3) is 5.60. The van der Waals surface area contributed by atoms with Crippen LogP contribution in [-0.4, -0.2) is 40.9 Å². The highest BCUT2D eigenvalue weighted by molar-refractivity contribution is 6.21. The van der Waals surface area contributed by atoms with Gasteiger partial charge in [-0.1, -0.05) is 36.8 Å². The number of hydrogen-bond donors (Lipinski definition) is 2. The highest BCUT2D eigenvalue weighted by Crippen LogP contribution is 2.48. The summed E-state index contributed by atoms with van der Waals surface area (Å²) in [6.07, 6.45) is 12.2. The third-order valence-corrected chi connectivity index (χ3v) is 7.84. The number of aliphatic hydroxyl groups excluding tert-OH is 2. The number of hydrogen-bond acceptors (Lipinski definition) is 4. The van der Waals surface area contributed by atoms with Crippen LogP contribution in [0.3, 0.4) is 0 Å². The standard InChI is InChI=1S/C26H35ClO4/c1-3-14-26(15-5-16-26)24(29)7-4-6-21-20(22(27)17-23(21)28)13-10-18-8-11-19(12-9-18)25(30)31-2/h3-4,6,8-9,11-12,20-24,28-29H,1,5,7,10,13-17H2,2H3/b6-4+/t20-,21-,22?,23?,24?/m1/s1. The largest absolute Gasteiger partial charge is 0.465 e. The molecule has 4 nitrogen and oxygen atoms in total. The minimum atomic E-state index is -0.451. The molecule has 0 amide bonds. The molecule has 0 aromatic heterocycles. The molecular weight excluding hydrogens is 412 g/mol. The molecule has 0 saturated heterocycles. The number of carbonyl (C=O) groups excluding carboxylic acids is 1. The number of aliphatic hydroxyl groups is 2. The number of alkyl halides is 1. The lowest BCUT2D eigenvalue weighted by molar-refractivity contribution is -0.0304. The van der Waals surface area contributed by atoms with E-state index >= 15 is 0 Å². The van der Waals surface area contributed by atoms with E-state index in [0.717, 1.165) is 37.7 Å². The van der Waals surface area contributed by atoms with Gasteiger partial charge in [0.2, 0.25) is 0 Å². The van der Waals surface area contributed by atoms with Crippen molar-refractivity contribution in [2.24, 2.45) is 17.3 Å². The van der Waals surface area contributed by atoms with Gasteiger partial charge in [-0.3, -0.25) is 0 Å². The predicted molar refractivity (Wildman–Crippen MR) is 124 cm³/mol. The van der Waals surface area contributed by atoms with E-state index in [1.165, 1.54) is 13.5 Å². The quantitative estimate of drug-likeness (QED) is 0.299. The van der Waals surface area contributed by atoms with E-state index in [9.17, 15) is 15.0 Å². The molecule has 0 aliphatic heterocycles. The summed E-state index contributed by atoms with van der Waals surface area (Å²) in [6.45, 7) is 3.84. The van der Waals surface area contributed by atoms with Gasteiger partial charge in [0.1, 0.15) is 0 Å². The first-order valence-corrected chi connectivity index (χ1v) is 11.8. The average Bonchev–Trinajstić information content (AvgIpc) is 3.01. The summed E-state index contributed by atoms with van der Waals surface area (Å²) in [5.41, 5.74) is 1.66. The summed E-state index contributed by atoms with van der Waals surface area (Å²) in [5.74, 6) is -0.160. The second-order valence-corrected chi connectivity index (χ2v) is 9.74. The van der Waals surface area contributed by atoms with E-state index in [2.05, 4.69) is 12.7 Å². The van der Waals surface area contributed by atoms with Crippen LogP contribution >= 0.6 is 11.6 Å². The van der Waals surface area contributed by atoms with Gasteiger partial charge in [-0.05, 0) is 68.6 Å². The van der Waals surface area contributed by atoms with Crippen molar-refractivity contribution in [3.05, 3.63) is 60.2 Å². The van der Waals surface area contributed by atoms with Crippen LogP contribution in [0.15, 0.2) is 49.1 Å². The van der Waals surface area contributed by atoms with Gasteiger partial charge in [-0.25, -0.2) is 4.79 Å². The highest BCUT2D eigenvalue weighted by atomic mass is 35.5. The maximum Gasteiger partial charge on any atom is 0.337 e. The maximum absolute atomic E-state index is 11.6. The Kier molecular flexibility index (Phi) is 8.37. The number of carbonyl (C=O) groups is 1. The number of allylic oxidation sites excluding steroid dienone is 1. The molecule has 31 heavy (non-hydrogen) atoms. The lowest BCUT2D eigenvalue weighted by Gasteiger charge is -2.45. The summed E-state index contributed by atoms with van der Waals surface area (Å²) < 4.78 is 4.74. The van der Waals surface area contributed by atoms with Crippen molar-refractivity contribution in [3.63, 3.8) is 0 Å². The molecule has 3 unspecified atom stereocenters. The molecule has 2 aliphatic carbocycles. The molecule has 170 valence electrons. The molecule has 0 bridgehead atoms. The summed E-state index contributed by atoms with van der Waals surface area (Å²) >= 11 is 6.59. The summed E-state index contributed by atoms with van der Waals surface area (Å²) in [6, 6.07) is 7.45. The Morgan fingerprint density at radius 2 is 2.06 bits per heavy atom. The van der Waals surface area contributed by atoms with Crippen LogP contribution < -0.4 is 0 Å². The number of benzene rings is 1. The zero-order valence-electron chi connectivity index (χ0n) is 18.4. The van der Waals surface area contributed by atoms with Crippen LogP contribution in [-0.2, 0) is 11.2 Å². The SMILES string of the molecule is C=CCC1(C(O)C/C=C/[C@H]2C(O)CC(Cl)[C@@H]2CCc2ccc(C(=O)OC)cc2)CCC1. The molecule has 1 aromatic carbocycles. The molecule has 2 fully saturated rings. The summed E-state index contributed by atoms with van der Waals surface area (Å²) in [4.78, 5) is 11.6. The van der Waals surface area contributed by atoms with Gasteiger partial charge in [0, 0.05) is 16.7 Å². The van der Waals surface area contributed by atoms with Crippen LogP contribution in [0.1, 0.15) is 60.9 Å². The molecule has 2 saturated carbocycles. The van der Waals surface area contributed by atoms with Gasteiger partial charge < -0.3 is 14.9 Å². The lowest BCUT2D eigenvalue weighted by atomic mass is 9.62. The minimum absolute atomic E-state index is 0.000729. The van der Waals surface area contributed by atoms with E-state index in [0.29, 0.717) is 18.4 Å². The van der Waals surface area contributed by atoms with Gasteiger partial charge >= 0.3 is 5.97 Å². The second-order valence-electron chi connectivity index (χ2n) is 9.18. The highest BCUT2D eigenvalue weighted by Gasteiger charge is 2.42. The molecule has 2 N–H and O–H groups in total. The number of halogens is 1. The molecule has 0 heterocycles. The average molecular weight is 447 g/mol. The van der Waals surface area contributed by atoms with Gasteiger partial charge in [0.15, 0.2) is 0 Å². The Morgan fingerprint density at radius 1 is 1.35 bits per heavy atom. The fourth-order valence-corrected chi connectivity index (χ4v) is 5.67. The van der Waals surface area contributed by atoms with Gasteiger partial charge in [-0.2, -0.15) is 0 Å². The number of esters is 1. The fourth-order valence-electron chi connectivity index (χ4n) is 5.20. The monoisotopic (exact) mass is 446 g/mol. The van der Waals surface area contributed by atoms with Crippen molar-refractivity contribution in [2.45, 2.75) is 69.0 Å². The van der Waals surface area contributed by atoms with Gasteiger partial charge in [-0.15, -0.1) is 18.2 Å². The first kappa shape index (κ1) is 24.0. The topological polar surface area (TPSA) is 66.8 Å². The smallest absolute Gasteiger partial charge is 0.337 e. The van der Waals surface area contributed by atoms with Crippen molar-refractivity contribution in [1.82, 2.24) is 0 Å². The summed E-state index contributed by atoms with van der Waals surface area (Å²) in [7, 11) is 1.38. The number of rotatable bonds is 10. The van der Waals surface area contributed by atoms with Crippen molar-refractivity contribution in [3.8, 4) is 0 Å². The van der Waals surface area contributed by atoms with Gasteiger partial charge in [0.25, 0.3) is 0 Å². The number of aryl methyl sites for hydroxylation is 1. The Balaban J connectivity index is 1.57. The molecule has 3 rings (SSSR count). The second kappa shape index (κ2) is 10.8. The molecule has 1 aromatic rings. The van der Waals surface area contributed by atoms with E-state index in [4.69, 9.17) is 16.3 Å². The molecule has 2 aliphatic rings. The molecule has 5 heteroatoms. The van der Waals surface area contributed by atoms with Gasteiger partial charge in [0.05, 0.1) is 24.9 Å². The van der Waals surface area contributed by atoms with Crippen LogP contribution in [0.4, 0.5) is 0 Å². The summed E-state index contributed by atoms with van der Waals surface area (Å²) in [5, 5.41) is 21.2. The lowest BCUT2D eigenvalue weighted by Crippen LogP contribution is -2.40. The van der Waals surface area contributed by atoms with E-state index in [1.807, 2.05) is 24.3 Å². The molecular formula is C26H35ClO4. The van der Waals surface area contributed by atoms with Crippen LogP contribution in [0, 0.1) is 17.3 Å². The molecule has 5 atom stereocenters. The van der Waals surface area contributed by atoms with Crippen molar-refractivity contribution in [1.29, 1.82) is 0 Å². The van der Waals surface area contributed by atoms with Crippen molar-refractivity contribution in [2.75, 3.05) is 7.11 Å². The first-order chi connectivity index (χ1) is 14.9. The Hall–Kier alpha value is -1.62. The van der Waals surface area contributed by atoms with Crippen LogP contribution in [0.5, 0.6) is 0 Å². The van der Waals surface area contributed by atoms with Crippen molar-refractivity contribution >= 4 is 17.6 Å². The Morgan fingerprint density at radius 3 is 2.65 bits per heavy atom. The third-order valence-electron chi connectivity index (χ3n) is 7.34. The zero-order chi connectivity index (χ0) is 22.4. The van der Waals surface area contributed by atoms with Crippen LogP contribution in [0.2, 0.25) is 0 Å². The molecule has 0 radical (unpaired) electrons. The van der Waals surface area contributed by atoms with Crippen LogP contribution in [0.25, 0.3) is 0 Å².